The van der Waals surface area contributed by atoms with Crippen LogP contribution in [0, 0.1) is 13.8 Å². The van der Waals surface area contributed by atoms with Gasteiger partial charge in [0.1, 0.15) is 12.4 Å². The third-order valence-electron chi connectivity index (χ3n) is 5.26. The Morgan fingerprint density at radius 2 is 1.80 bits per heavy atom. The van der Waals surface area contributed by atoms with Crippen molar-refractivity contribution in [1.82, 2.24) is 19.9 Å². The maximum atomic E-state index is 12.4. The van der Waals surface area contributed by atoms with Crippen LogP contribution in [0.1, 0.15) is 37.9 Å². The Bertz CT molecular complexity index is 946. The second-order valence-corrected chi connectivity index (χ2v) is 7.87. The number of ether oxygens (including phenoxy) is 3. The van der Waals surface area contributed by atoms with Crippen molar-refractivity contribution in [3.63, 3.8) is 0 Å². The van der Waals surface area contributed by atoms with E-state index in [2.05, 4.69) is 27.1 Å². The summed E-state index contributed by atoms with van der Waals surface area (Å²) in [5.74, 6) is 1.57. The molecule has 8 heteroatoms. The van der Waals surface area contributed by atoms with Crippen LogP contribution in [0.5, 0.6) is 17.5 Å². The van der Waals surface area contributed by atoms with Crippen molar-refractivity contribution < 1.29 is 19.0 Å². The molecule has 0 radical (unpaired) electrons. The van der Waals surface area contributed by atoms with Gasteiger partial charge < -0.3 is 14.2 Å². The summed E-state index contributed by atoms with van der Waals surface area (Å²) in [6, 6.07) is 3.60. The molecule has 2 aliphatic rings. The zero-order valence-corrected chi connectivity index (χ0v) is 17.6. The maximum absolute atomic E-state index is 12.4. The van der Waals surface area contributed by atoms with Crippen molar-refractivity contribution in [2.75, 3.05) is 0 Å². The molecule has 8 nitrogen and oxygen atoms in total. The molecule has 1 saturated heterocycles. The number of aryl methyl sites for hydroxylation is 1. The fourth-order valence-corrected chi connectivity index (χ4v) is 3.82. The minimum Gasteiger partial charge on any atom is -0.474 e. The minimum atomic E-state index is -0.274. The van der Waals surface area contributed by atoms with Gasteiger partial charge in [0, 0.05) is 19.0 Å². The normalized spacial score (nSPS) is 22.3. The van der Waals surface area contributed by atoms with Crippen LogP contribution >= 0.6 is 0 Å². The Hall–Kier alpha value is -3.16. The summed E-state index contributed by atoms with van der Waals surface area (Å²) in [6.07, 6.45) is 8.15. The topological polar surface area (TPSA) is 86.7 Å². The van der Waals surface area contributed by atoms with Gasteiger partial charge in [0.25, 0.3) is 0 Å². The van der Waals surface area contributed by atoms with Crippen molar-refractivity contribution in [1.29, 1.82) is 0 Å². The van der Waals surface area contributed by atoms with Gasteiger partial charge in [-0.25, -0.2) is 14.8 Å². The number of hydrogen-bond donors (Lipinski definition) is 0. The first-order chi connectivity index (χ1) is 14.4. The Kier molecular flexibility index (Phi) is 5.57. The monoisotopic (exact) mass is 410 g/mol. The predicted octanol–water partition coefficient (Wildman–Crippen LogP) is 3.98. The molecule has 2 bridgehead atoms. The molecule has 3 atom stereocenters. The van der Waals surface area contributed by atoms with Crippen LogP contribution in [0.15, 0.2) is 36.8 Å². The molecule has 0 N–H and O–H groups in total. The van der Waals surface area contributed by atoms with Crippen molar-refractivity contribution in [2.24, 2.45) is 0 Å². The lowest BCUT2D eigenvalue weighted by Crippen LogP contribution is -2.50. The number of aromatic nitrogens is 3. The lowest BCUT2D eigenvalue weighted by atomic mass is 9.99. The number of fused-ring (bicyclic) bond motifs is 2. The molecule has 1 fully saturated rings. The van der Waals surface area contributed by atoms with Gasteiger partial charge in [-0.15, -0.1) is 0 Å². The highest BCUT2D eigenvalue weighted by atomic mass is 16.6. The Labute approximate surface area is 175 Å². The molecule has 30 heavy (non-hydrogen) atoms. The van der Waals surface area contributed by atoms with Crippen LogP contribution in [-0.2, 0) is 4.74 Å². The summed E-state index contributed by atoms with van der Waals surface area (Å²) in [7, 11) is 0. The van der Waals surface area contributed by atoms with Crippen LogP contribution in [0.4, 0.5) is 4.79 Å². The number of piperidine rings is 1. The molecule has 1 amide bonds. The van der Waals surface area contributed by atoms with E-state index >= 15 is 0 Å². The summed E-state index contributed by atoms with van der Waals surface area (Å²) in [5.41, 5.74) is 1.50. The molecule has 0 aliphatic carbocycles. The van der Waals surface area contributed by atoms with E-state index in [1.165, 1.54) is 6.33 Å². The highest BCUT2D eigenvalue weighted by Gasteiger charge is 2.42. The second kappa shape index (κ2) is 8.30. The molecule has 4 rings (SSSR count). The van der Waals surface area contributed by atoms with E-state index in [1.54, 1.807) is 11.1 Å². The summed E-state index contributed by atoms with van der Waals surface area (Å²) in [5, 5.41) is 0. The van der Waals surface area contributed by atoms with Crippen molar-refractivity contribution in [3.05, 3.63) is 48.1 Å². The van der Waals surface area contributed by atoms with Crippen molar-refractivity contribution in [2.45, 2.75) is 64.8 Å². The van der Waals surface area contributed by atoms with Gasteiger partial charge in [-0.05, 0) is 39.8 Å². The maximum Gasteiger partial charge on any atom is 0.411 e. The summed E-state index contributed by atoms with van der Waals surface area (Å²) in [4.78, 5) is 27.0. The van der Waals surface area contributed by atoms with Gasteiger partial charge >= 0.3 is 6.09 Å². The number of amides is 1. The van der Waals surface area contributed by atoms with Gasteiger partial charge in [0.2, 0.25) is 11.8 Å². The molecule has 2 aromatic heterocycles. The minimum absolute atomic E-state index is 0.0316. The Morgan fingerprint density at radius 1 is 1.10 bits per heavy atom. The van der Waals surface area contributed by atoms with Gasteiger partial charge in [0.05, 0.1) is 29.4 Å². The van der Waals surface area contributed by atoms with Gasteiger partial charge in [0.15, 0.2) is 5.75 Å². The molecule has 2 aliphatic heterocycles. The zero-order valence-electron chi connectivity index (χ0n) is 17.6. The number of rotatable bonds is 5. The molecule has 0 aromatic carbocycles. The Balaban J connectivity index is 1.45. The summed E-state index contributed by atoms with van der Waals surface area (Å²) in [6.45, 7) is 7.46. The fraction of sp³-hybridized carbons (Fsp3) is 0.455. The third kappa shape index (κ3) is 4.08. The smallest absolute Gasteiger partial charge is 0.411 e. The number of hydrogen-bond acceptors (Lipinski definition) is 7. The first kappa shape index (κ1) is 20.1. The predicted molar refractivity (Wildman–Crippen MR) is 110 cm³/mol. The van der Waals surface area contributed by atoms with Crippen LogP contribution in [0.2, 0.25) is 0 Å². The molecular formula is C22H26N4O4. The van der Waals surface area contributed by atoms with Crippen LogP contribution < -0.4 is 9.47 Å². The van der Waals surface area contributed by atoms with E-state index in [9.17, 15) is 4.79 Å². The quantitative estimate of drug-likeness (QED) is 0.689. The summed E-state index contributed by atoms with van der Waals surface area (Å²) >= 11 is 0. The largest absolute Gasteiger partial charge is 0.474 e. The highest BCUT2D eigenvalue weighted by molar-refractivity contribution is 5.70. The van der Waals surface area contributed by atoms with Gasteiger partial charge in [-0.2, -0.15) is 0 Å². The van der Waals surface area contributed by atoms with Crippen LogP contribution in [0.3, 0.4) is 0 Å². The summed E-state index contributed by atoms with van der Waals surface area (Å²) < 4.78 is 17.5. The van der Waals surface area contributed by atoms with Crippen molar-refractivity contribution >= 4 is 6.09 Å². The zero-order chi connectivity index (χ0) is 21.3. The molecule has 0 saturated carbocycles. The molecule has 158 valence electrons. The van der Waals surface area contributed by atoms with E-state index in [-0.39, 0.29) is 30.4 Å². The van der Waals surface area contributed by atoms with Crippen molar-refractivity contribution in [3.8, 4) is 17.5 Å². The lowest BCUT2D eigenvalue weighted by molar-refractivity contribution is 0.0263. The second-order valence-electron chi connectivity index (χ2n) is 7.87. The molecular weight excluding hydrogens is 384 g/mol. The fourth-order valence-electron chi connectivity index (χ4n) is 3.82. The number of carbonyl (C=O) groups excluding carboxylic acids is 1. The first-order valence-corrected chi connectivity index (χ1v) is 10.2. The van der Waals surface area contributed by atoms with E-state index in [0.29, 0.717) is 30.4 Å². The SMILES string of the molecule is Cc1ncccc1Oc1ncnc(OC2C[C@H]3C=C[C@@H](C2)N3C(=O)OC(C)C)c1C. The van der Waals surface area contributed by atoms with Crippen LogP contribution in [0.25, 0.3) is 0 Å². The number of pyridine rings is 1. The average molecular weight is 410 g/mol. The Morgan fingerprint density at radius 3 is 2.47 bits per heavy atom. The van der Waals surface area contributed by atoms with E-state index in [0.717, 1.165) is 11.3 Å². The standard InChI is InChI=1S/C22H26N4O4/c1-13(2)28-22(27)26-16-7-8-17(26)11-18(10-16)29-20-14(3)21(25-12-24-20)30-19-6-5-9-23-15(19)4/h5-9,12-13,16-18H,10-11H2,1-4H3/t16-,17+,18?. The molecule has 2 aromatic rings. The number of carbonyl (C=O) groups is 1. The molecule has 4 heterocycles. The van der Waals surface area contributed by atoms with Gasteiger partial charge in [-0.3, -0.25) is 9.88 Å². The van der Waals surface area contributed by atoms with Crippen LogP contribution in [-0.4, -0.2) is 50.2 Å². The van der Waals surface area contributed by atoms with Gasteiger partial charge in [-0.1, -0.05) is 12.2 Å². The highest BCUT2D eigenvalue weighted by Crippen LogP contribution is 2.35. The lowest BCUT2D eigenvalue weighted by Gasteiger charge is -2.38. The third-order valence-corrected chi connectivity index (χ3v) is 5.26. The molecule has 0 spiro atoms. The molecule has 1 unspecified atom stereocenters. The van der Waals surface area contributed by atoms with E-state index in [4.69, 9.17) is 14.2 Å². The van der Waals surface area contributed by atoms with E-state index < -0.39 is 0 Å². The number of nitrogens with zero attached hydrogens (tertiary/aromatic N) is 4. The first-order valence-electron chi connectivity index (χ1n) is 10.2. The average Bonchev–Trinajstić information content (AvgIpc) is 2.97. The van der Waals surface area contributed by atoms with E-state index in [1.807, 2.05) is 39.8 Å².